The van der Waals surface area contributed by atoms with Crippen LogP contribution >= 0.6 is 15.9 Å². The second kappa shape index (κ2) is 9.50. The standard InChI is InChI=1S/C15H19BrFNO3/c16-12-8-7-11(13(17)10-12)4-3-9-18-14(19)5-1-2-6-15(20)21/h7-8,10H,1-6,9H2,(H,18,19)(H,20,21). The molecule has 1 amide bonds. The Morgan fingerprint density at radius 3 is 2.57 bits per heavy atom. The SMILES string of the molecule is O=C(O)CCCCC(=O)NCCCc1ccc(Br)cc1F. The van der Waals surface area contributed by atoms with Gasteiger partial charge in [0.25, 0.3) is 0 Å². The molecule has 4 nitrogen and oxygen atoms in total. The summed E-state index contributed by atoms with van der Waals surface area (Å²) in [5.41, 5.74) is 0.633. The van der Waals surface area contributed by atoms with Crippen LogP contribution in [0.3, 0.4) is 0 Å². The van der Waals surface area contributed by atoms with E-state index in [-0.39, 0.29) is 18.1 Å². The summed E-state index contributed by atoms with van der Waals surface area (Å²) in [5.74, 6) is -1.17. The van der Waals surface area contributed by atoms with Crippen LogP contribution < -0.4 is 5.32 Å². The Hall–Kier alpha value is -1.43. The number of rotatable bonds is 9. The maximum absolute atomic E-state index is 13.5. The highest BCUT2D eigenvalue weighted by molar-refractivity contribution is 9.10. The lowest BCUT2D eigenvalue weighted by Gasteiger charge is -2.06. The van der Waals surface area contributed by atoms with Gasteiger partial charge in [0.05, 0.1) is 0 Å². The number of unbranched alkanes of at least 4 members (excludes halogenated alkanes) is 1. The molecule has 0 unspecified atom stereocenters. The van der Waals surface area contributed by atoms with Crippen molar-refractivity contribution in [1.82, 2.24) is 5.32 Å². The average Bonchev–Trinajstić information content (AvgIpc) is 2.41. The van der Waals surface area contributed by atoms with E-state index >= 15 is 0 Å². The molecule has 0 radical (unpaired) electrons. The molecule has 0 bridgehead atoms. The number of hydrogen-bond acceptors (Lipinski definition) is 2. The molecular formula is C15H19BrFNO3. The number of hydrogen-bond donors (Lipinski definition) is 2. The topological polar surface area (TPSA) is 66.4 Å². The van der Waals surface area contributed by atoms with Gasteiger partial charge in [-0.05, 0) is 43.4 Å². The fourth-order valence-electron chi connectivity index (χ4n) is 1.88. The molecule has 0 aliphatic heterocycles. The lowest BCUT2D eigenvalue weighted by atomic mass is 10.1. The van der Waals surface area contributed by atoms with Crippen molar-refractivity contribution in [3.05, 3.63) is 34.1 Å². The second-order valence-electron chi connectivity index (χ2n) is 4.79. The molecule has 116 valence electrons. The Bertz CT molecular complexity index is 494. The smallest absolute Gasteiger partial charge is 0.303 e. The van der Waals surface area contributed by atoms with Crippen LogP contribution in [-0.4, -0.2) is 23.5 Å². The minimum atomic E-state index is -0.841. The van der Waals surface area contributed by atoms with Crippen molar-refractivity contribution < 1.29 is 19.1 Å². The molecule has 2 N–H and O–H groups in total. The molecule has 6 heteroatoms. The van der Waals surface area contributed by atoms with Gasteiger partial charge in [-0.15, -0.1) is 0 Å². The normalized spacial score (nSPS) is 10.4. The van der Waals surface area contributed by atoms with Crippen molar-refractivity contribution in [3.8, 4) is 0 Å². The zero-order chi connectivity index (χ0) is 15.7. The molecule has 1 rings (SSSR count). The molecule has 21 heavy (non-hydrogen) atoms. The number of aliphatic carboxylic acids is 1. The first-order chi connectivity index (χ1) is 9.99. The minimum absolute atomic E-state index is 0.0864. The van der Waals surface area contributed by atoms with Gasteiger partial charge in [0, 0.05) is 23.9 Å². The van der Waals surface area contributed by atoms with Gasteiger partial charge in [-0.2, -0.15) is 0 Å². The number of carboxylic acid groups (broad SMARTS) is 1. The lowest BCUT2D eigenvalue weighted by molar-refractivity contribution is -0.137. The van der Waals surface area contributed by atoms with Gasteiger partial charge < -0.3 is 10.4 Å². The zero-order valence-electron chi connectivity index (χ0n) is 11.7. The van der Waals surface area contributed by atoms with Crippen LogP contribution in [0.5, 0.6) is 0 Å². The predicted molar refractivity (Wildman–Crippen MR) is 81.5 cm³/mol. The van der Waals surface area contributed by atoms with Crippen LogP contribution in [-0.2, 0) is 16.0 Å². The predicted octanol–water partition coefficient (Wildman–Crippen LogP) is 3.28. The van der Waals surface area contributed by atoms with E-state index in [2.05, 4.69) is 21.2 Å². The van der Waals surface area contributed by atoms with Crippen molar-refractivity contribution in [2.45, 2.75) is 38.5 Å². The highest BCUT2D eigenvalue weighted by atomic mass is 79.9. The Balaban J connectivity index is 2.13. The molecule has 0 aromatic heterocycles. The largest absolute Gasteiger partial charge is 0.481 e. The Kier molecular flexibility index (Phi) is 7.97. The van der Waals surface area contributed by atoms with Gasteiger partial charge >= 0.3 is 5.97 Å². The highest BCUT2D eigenvalue weighted by Gasteiger charge is 2.04. The Morgan fingerprint density at radius 2 is 1.90 bits per heavy atom. The molecular weight excluding hydrogens is 341 g/mol. The van der Waals surface area contributed by atoms with Crippen molar-refractivity contribution in [2.75, 3.05) is 6.54 Å². The molecule has 0 heterocycles. The number of aryl methyl sites for hydroxylation is 1. The van der Waals surface area contributed by atoms with Crippen LogP contribution in [0.15, 0.2) is 22.7 Å². The highest BCUT2D eigenvalue weighted by Crippen LogP contribution is 2.16. The fraction of sp³-hybridized carbons (Fsp3) is 0.467. The van der Waals surface area contributed by atoms with E-state index in [1.807, 2.05) is 0 Å². The van der Waals surface area contributed by atoms with Crippen LogP contribution in [0.1, 0.15) is 37.7 Å². The Morgan fingerprint density at radius 1 is 1.19 bits per heavy atom. The van der Waals surface area contributed by atoms with Gasteiger partial charge in [0.15, 0.2) is 0 Å². The van der Waals surface area contributed by atoms with Gasteiger partial charge in [-0.1, -0.05) is 22.0 Å². The average molecular weight is 360 g/mol. The molecule has 0 fully saturated rings. The van der Waals surface area contributed by atoms with Crippen molar-refractivity contribution in [2.24, 2.45) is 0 Å². The van der Waals surface area contributed by atoms with E-state index in [9.17, 15) is 14.0 Å². The number of carboxylic acids is 1. The molecule has 0 saturated heterocycles. The van der Waals surface area contributed by atoms with Crippen molar-refractivity contribution in [3.63, 3.8) is 0 Å². The van der Waals surface area contributed by atoms with Gasteiger partial charge in [-0.3, -0.25) is 9.59 Å². The zero-order valence-corrected chi connectivity index (χ0v) is 13.3. The summed E-state index contributed by atoms with van der Waals surface area (Å²) in [6.45, 7) is 0.493. The first-order valence-corrected chi connectivity index (χ1v) is 7.71. The summed E-state index contributed by atoms with van der Waals surface area (Å²) >= 11 is 3.20. The molecule has 1 aromatic rings. The summed E-state index contributed by atoms with van der Waals surface area (Å²) in [5, 5.41) is 11.2. The van der Waals surface area contributed by atoms with Crippen LogP contribution in [0.2, 0.25) is 0 Å². The maximum Gasteiger partial charge on any atom is 0.303 e. The van der Waals surface area contributed by atoms with E-state index < -0.39 is 5.97 Å². The summed E-state index contributed by atoms with van der Waals surface area (Å²) in [6, 6.07) is 4.95. The molecule has 0 saturated carbocycles. The number of benzene rings is 1. The van der Waals surface area contributed by atoms with Gasteiger partial charge in [0.1, 0.15) is 5.82 Å². The molecule has 1 aromatic carbocycles. The quantitative estimate of drug-likeness (QED) is 0.665. The van der Waals surface area contributed by atoms with Crippen molar-refractivity contribution in [1.29, 1.82) is 0 Å². The number of carbonyl (C=O) groups is 2. The molecule has 0 aliphatic carbocycles. The van der Waals surface area contributed by atoms with Crippen LogP contribution in [0.25, 0.3) is 0 Å². The summed E-state index contributed by atoms with van der Waals surface area (Å²) in [6.07, 6.45) is 2.74. The summed E-state index contributed by atoms with van der Waals surface area (Å²) in [4.78, 5) is 21.8. The number of halogens is 2. The van der Waals surface area contributed by atoms with Crippen molar-refractivity contribution >= 4 is 27.8 Å². The maximum atomic E-state index is 13.5. The van der Waals surface area contributed by atoms with E-state index in [1.54, 1.807) is 12.1 Å². The minimum Gasteiger partial charge on any atom is -0.481 e. The first-order valence-electron chi connectivity index (χ1n) is 6.91. The summed E-state index contributed by atoms with van der Waals surface area (Å²) in [7, 11) is 0. The number of amides is 1. The third-order valence-corrected chi connectivity index (χ3v) is 3.50. The van der Waals surface area contributed by atoms with Gasteiger partial charge in [0.2, 0.25) is 5.91 Å². The third kappa shape index (κ3) is 7.80. The molecule has 0 aliphatic rings. The second-order valence-corrected chi connectivity index (χ2v) is 5.71. The first kappa shape index (κ1) is 17.6. The Labute approximate surface area is 131 Å². The monoisotopic (exact) mass is 359 g/mol. The van der Waals surface area contributed by atoms with E-state index in [1.165, 1.54) is 6.07 Å². The molecule has 0 spiro atoms. The third-order valence-electron chi connectivity index (χ3n) is 3.00. The lowest BCUT2D eigenvalue weighted by Crippen LogP contribution is -2.24. The number of nitrogens with one attached hydrogen (secondary N) is 1. The van der Waals surface area contributed by atoms with Crippen LogP contribution in [0.4, 0.5) is 4.39 Å². The van der Waals surface area contributed by atoms with Crippen LogP contribution in [0, 0.1) is 5.82 Å². The van der Waals surface area contributed by atoms with E-state index in [0.717, 1.165) is 0 Å². The van der Waals surface area contributed by atoms with Gasteiger partial charge in [-0.25, -0.2) is 4.39 Å². The number of carbonyl (C=O) groups excluding carboxylic acids is 1. The molecule has 0 atom stereocenters. The van der Waals surface area contributed by atoms with E-state index in [0.29, 0.717) is 48.7 Å². The van der Waals surface area contributed by atoms with E-state index in [4.69, 9.17) is 5.11 Å². The fourth-order valence-corrected chi connectivity index (χ4v) is 2.21. The summed E-state index contributed by atoms with van der Waals surface area (Å²) < 4.78 is 14.2.